The zero-order valence-corrected chi connectivity index (χ0v) is 13.8. The van der Waals surface area contributed by atoms with Crippen molar-refractivity contribution in [2.24, 2.45) is 10.9 Å². The number of guanidine groups is 1. The highest BCUT2D eigenvalue weighted by Gasteiger charge is 2.18. The molecule has 0 aliphatic rings. The van der Waals surface area contributed by atoms with Gasteiger partial charge in [-0.2, -0.15) is 0 Å². The molecule has 0 bridgehead atoms. The third kappa shape index (κ3) is 4.22. The normalized spacial score (nSPS) is 10.9. The Bertz CT molecular complexity index is 914. The predicted molar refractivity (Wildman–Crippen MR) is 91.9 cm³/mol. The molecule has 7 N–H and O–H groups in total. The van der Waals surface area contributed by atoms with E-state index in [1.54, 1.807) is 24.3 Å². The van der Waals surface area contributed by atoms with E-state index in [1.807, 2.05) is 0 Å². The van der Waals surface area contributed by atoms with Crippen LogP contribution in [0.15, 0.2) is 47.4 Å². The fraction of sp³-hybridized carbons (Fsp3) is 0. The number of carbonyl (C=O) groups is 1. The number of nitrogens with two attached hydrogens (primary N) is 2. The average Bonchev–Trinajstić information content (AvgIpc) is 2.48. The minimum atomic E-state index is -4.12. The Morgan fingerprint density at radius 1 is 1.12 bits per heavy atom. The summed E-state index contributed by atoms with van der Waals surface area (Å²) in [6, 6.07) is 10.6. The maximum Gasteiger partial charge on any atom is 0.257 e. The number of primary sulfonamides is 1. The molecule has 0 radical (unpaired) electrons. The highest BCUT2D eigenvalue weighted by Crippen LogP contribution is 2.29. The van der Waals surface area contributed by atoms with Gasteiger partial charge in [-0.15, -0.1) is 0 Å². The molecule has 0 aromatic heterocycles. The zero-order chi connectivity index (χ0) is 17.9. The molecule has 10 heteroatoms. The summed E-state index contributed by atoms with van der Waals surface area (Å²) in [5, 5.41) is 17.6. The summed E-state index contributed by atoms with van der Waals surface area (Å²) in [6.45, 7) is 0. The number of rotatable bonds is 4. The smallest absolute Gasteiger partial charge is 0.257 e. The monoisotopic (exact) mass is 367 g/mol. The molecular weight excluding hydrogens is 354 g/mol. The van der Waals surface area contributed by atoms with Crippen molar-refractivity contribution in [1.82, 2.24) is 5.32 Å². The number of nitrogens with one attached hydrogen (secondary N) is 3. The summed E-state index contributed by atoms with van der Waals surface area (Å²) in [5.41, 5.74) is 5.70. The van der Waals surface area contributed by atoms with Crippen LogP contribution in [0.1, 0.15) is 10.4 Å². The molecule has 0 aliphatic carbocycles. The van der Waals surface area contributed by atoms with Gasteiger partial charge in [0, 0.05) is 5.56 Å². The van der Waals surface area contributed by atoms with E-state index in [1.165, 1.54) is 12.1 Å². The number of hydrogen-bond donors (Lipinski definition) is 5. The highest BCUT2D eigenvalue weighted by atomic mass is 35.5. The Hall–Kier alpha value is -2.62. The Morgan fingerprint density at radius 3 is 2.38 bits per heavy atom. The van der Waals surface area contributed by atoms with Crippen LogP contribution in [0.25, 0.3) is 0 Å². The molecule has 0 atom stereocenters. The van der Waals surface area contributed by atoms with Crippen LogP contribution in [0.3, 0.4) is 0 Å². The van der Waals surface area contributed by atoms with Gasteiger partial charge in [0.05, 0.1) is 16.4 Å². The summed E-state index contributed by atoms with van der Waals surface area (Å²) in [7, 11) is -4.12. The molecule has 2 aromatic rings. The van der Waals surface area contributed by atoms with Gasteiger partial charge in [0.1, 0.15) is 4.90 Å². The lowest BCUT2D eigenvalue weighted by molar-refractivity contribution is 0.0976. The summed E-state index contributed by atoms with van der Waals surface area (Å²) in [6.07, 6.45) is 0. The van der Waals surface area contributed by atoms with Gasteiger partial charge in [-0.1, -0.05) is 23.7 Å². The van der Waals surface area contributed by atoms with Gasteiger partial charge in [0.2, 0.25) is 10.0 Å². The molecule has 0 fully saturated rings. The number of anilines is 2. The van der Waals surface area contributed by atoms with Gasteiger partial charge in [-0.3, -0.25) is 15.5 Å². The molecule has 1 amide bonds. The Labute approximate surface area is 143 Å². The van der Waals surface area contributed by atoms with Crippen LogP contribution in [0.5, 0.6) is 0 Å². The molecular formula is C14H14ClN5O3S. The second-order valence-electron chi connectivity index (χ2n) is 4.73. The van der Waals surface area contributed by atoms with Crippen molar-refractivity contribution in [3.63, 3.8) is 0 Å². The van der Waals surface area contributed by atoms with Crippen molar-refractivity contribution in [2.75, 3.05) is 5.32 Å². The third-order valence-electron chi connectivity index (χ3n) is 2.94. The van der Waals surface area contributed by atoms with Crippen LogP contribution >= 0.6 is 11.6 Å². The van der Waals surface area contributed by atoms with Crippen molar-refractivity contribution in [3.8, 4) is 0 Å². The van der Waals surface area contributed by atoms with Crippen LogP contribution in [0.4, 0.5) is 11.4 Å². The van der Waals surface area contributed by atoms with E-state index in [0.717, 1.165) is 6.07 Å². The van der Waals surface area contributed by atoms with Crippen LogP contribution in [-0.4, -0.2) is 20.3 Å². The first-order valence-corrected chi connectivity index (χ1v) is 8.44. The van der Waals surface area contributed by atoms with E-state index >= 15 is 0 Å². The number of halogens is 1. The molecule has 0 aliphatic heterocycles. The number of sulfonamides is 1. The molecule has 0 heterocycles. The van der Waals surface area contributed by atoms with E-state index < -0.39 is 21.9 Å². The lowest BCUT2D eigenvalue weighted by Gasteiger charge is -2.13. The van der Waals surface area contributed by atoms with Crippen molar-refractivity contribution < 1.29 is 13.2 Å². The largest absolute Gasteiger partial charge is 0.370 e. The summed E-state index contributed by atoms with van der Waals surface area (Å²) in [5.74, 6) is -1.29. The molecule has 24 heavy (non-hydrogen) atoms. The Morgan fingerprint density at radius 2 is 1.79 bits per heavy atom. The number of benzene rings is 2. The minimum absolute atomic E-state index is 0.0149. The number of carbonyl (C=O) groups excluding carboxylic acids is 1. The maximum absolute atomic E-state index is 11.8. The van der Waals surface area contributed by atoms with Crippen LogP contribution < -0.4 is 21.5 Å². The minimum Gasteiger partial charge on any atom is -0.370 e. The quantitative estimate of drug-likeness (QED) is 0.408. The van der Waals surface area contributed by atoms with Crippen molar-refractivity contribution >= 4 is 44.9 Å². The lowest BCUT2D eigenvalue weighted by Crippen LogP contribution is -2.35. The molecule has 2 rings (SSSR count). The van der Waals surface area contributed by atoms with Gasteiger partial charge in [-0.25, -0.2) is 13.6 Å². The number of amides is 1. The van der Waals surface area contributed by atoms with Gasteiger partial charge in [-0.05, 0) is 30.3 Å². The Kier molecular flexibility index (Phi) is 5.07. The first-order chi connectivity index (χ1) is 11.2. The SMILES string of the molecule is N=C(N)NC(=O)c1ccc(Nc2ccccc2Cl)c(S(N)(=O)=O)c1. The molecule has 0 saturated carbocycles. The van der Waals surface area contributed by atoms with E-state index in [-0.39, 0.29) is 16.1 Å². The molecule has 126 valence electrons. The number of para-hydroxylation sites is 1. The predicted octanol–water partition coefficient (Wildman–Crippen LogP) is 1.35. The van der Waals surface area contributed by atoms with E-state index in [4.69, 9.17) is 27.9 Å². The summed E-state index contributed by atoms with van der Waals surface area (Å²) < 4.78 is 23.7. The van der Waals surface area contributed by atoms with Crippen LogP contribution in [-0.2, 0) is 10.0 Å². The topological polar surface area (TPSA) is 151 Å². The van der Waals surface area contributed by atoms with Crippen LogP contribution in [0.2, 0.25) is 5.02 Å². The maximum atomic E-state index is 11.8. The first-order valence-electron chi connectivity index (χ1n) is 6.52. The van der Waals surface area contributed by atoms with Gasteiger partial charge in [0.25, 0.3) is 5.91 Å². The molecule has 0 spiro atoms. The molecule has 8 nitrogen and oxygen atoms in total. The van der Waals surface area contributed by atoms with Crippen molar-refractivity contribution in [1.29, 1.82) is 5.41 Å². The molecule has 0 unspecified atom stereocenters. The van der Waals surface area contributed by atoms with E-state index in [0.29, 0.717) is 10.7 Å². The fourth-order valence-electron chi connectivity index (χ4n) is 1.90. The van der Waals surface area contributed by atoms with Gasteiger partial charge < -0.3 is 11.1 Å². The van der Waals surface area contributed by atoms with Gasteiger partial charge in [0.15, 0.2) is 5.96 Å². The van der Waals surface area contributed by atoms with Gasteiger partial charge >= 0.3 is 0 Å². The fourth-order valence-corrected chi connectivity index (χ4v) is 2.80. The Balaban J connectivity index is 2.47. The average molecular weight is 368 g/mol. The second-order valence-corrected chi connectivity index (χ2v) is 6.67. The summed E-state index contributed by atoms with van der Waals surface area (Å²) >= 11 is 6.03. The first kappa shape index (κ1) is 17.7. The standard InChI is InChI=1S/C14H14ClN5O3S/c15-9-3-1-2-4-10(9)19-11-6-5-8(13(21)20-14(16)17)7-12(11)24(18,22)23/h1-7,19H,(H2,18,22,23)(H4,16,17,20,21). The van der Waals surface area contributed by atoms with Crippen molar-refractivity contribution in [3.05, 3.63) is 53.1 Å². The summed E-state index contributed by atoms with van der Waals surface area (Å²) in [4.78, 5) is 11.6. The molecule has 2 aromatic carbocycles. The van der Waals surface area contributed by atoms with Crippen molar-refractivity contribution in [2.45, 2.75) is 4.90 Å². The van der Waals surface area contributed by atoms with Crippen LogP contribution in [0, 0.1) is 5.41 Å². The zero-order valence-electron chi connectivity index (χ0n) is 12.2. The second kappa shape index (κ2) is 6.87. The molecule has 0 saturated heterocycles. The highest BCUT2D eigenvalue weighted by molar-refractivity contribution is 7.89. The third-order valence-corrected chi connectivity index (χ3v) is 4.22. The number of hydrogen-bond acceptors (Lipinski definition) is 5. The lowest BCUT2D eigenvalue weighted by atomic mass is 10.2. The van der Waals surface area contributed by atoms with E-state index in [2.05, 4.69) is 10.6 Å². The van der Waals surface area contributed by atoms with E-state index in [9.17, 15) is 13.2 Å².